The number of hydrogen-bond donors (Lipinski definition) is 2. The van der Waals surface area contributed by atoms with Gasteiger partial charge in [0, 0.05) is 31.7 Å². The predicted molar refractivity (Wildman–Crippen MR) is 102 cm³/mol. The van der Waals surface area contributed by atoms with Gasteiger partial charge in [-0.2, -0.15) is 0 Å². The van der Waals surface area contributed by atoms with Crippen LogP contribution in [0.2, 0.25) is 0 Å². The van der Waals surface area contributed by atoms with E-state index in [0.717, 1.165) is 31.6 Å². The van der Waals surface area contributed by atoms with E-state index in [9.17, 15) is 9.59 Å². The SMILES string of the molecule is Cc1ccc(C(=O)NCC(=O)NCCN2CCc3ccccc3C2)cc1. The number of aryl methyl sites for hydroxylation is 1. The quantitative estimate of drug-likeness (QED) is 0.836. The van der Waals surface area contributed by atoms with Gasteiger partial charge in [-0.3, -0.25) is 14.5 Å². The van der Waals surface area contributed by atoms with Crippen LogP contribution in [0.15, 0.2) is 48.5 Å². The molecule has 0 aromatic heterocycles. The second kappa shape index (κ2) is 8.63. The lowest BCUT2D eigenvalue weighted by atomic mass is 10.00. The number of benzene rings is 2. The third kappa shape index (κ3) is 4.92. The summed E-state index contributed by atoms with van der Waals surface area (Å²) in [4.78, 5) is 26.3. The molecule has 2 aromatic carbocycles. The molecule has 0 atom stereocenters. The van der Waals surface area contributed by atoms with Gasteiger partial charge in [-0.05, 0) is 36.6 Å². The molecule has 3 rings (SSSR count). The van der Waals surface area contributed by atoms with Gasteiger partial charge in [0.05, 0.1) is 6.54 Å². The molecule has 1 aliphatic heterocycles. The van der Waals surface area contributed by atoms with Crippen LogP contribution in [0.4, 0.5) is 0 Å². The van der Waals surface area contributed by atoms with Crippen molar-refractivity contribution in [2.45, 2.75) is 19.9 Å². The fraction of sp³-hybridized carbons (Fsp3) is 0.333. The van der Waals surface area contributed by atoms with E-state index in [-0.39, 0.29) is 18.4 Å². The minimum Gasteiger partial charge on any atom is -0.353 e. The Morgan fingerprint density at radius 3 is 2.50 bits per heavy atom. The molecule has 1 heterocycles. The van der Waals surface area contributed by atoms with E-state index < -0.39 is 0 Å². The maximum atomic E-state index is 12.0. The zero-order valence-corrected chi connectivity index (χ0v) is 15.1. The maximum absolute atomic E-state index is 12.0. The zero-order valence-electron chi connectivity index (χ0n) is 15.1. The van der Waals surface area contributed by atoms with Gasteiger partial charge in [0.2, 0.25) is 5.91 Å². The Labute approximate surface area is 154 Å². The molecule has 5 nitrogen and oxygen atoms in total. The normalized spacial score (nSPS) is 13.7. The van der Waals surface area contributed by atoms with Crippen molar-refractivity contribution in [3.63, 3.8) is 0 Å². The number of hydrogen-bond acceptors (Lipinski definition) is 3. The summed E-state index contributed by atoms with van der Waals surface area (Å²) in [6, 6.07) is 15.8. The van der Waals surface area contributed by atoms with Gasteiger partial charge in [0.25, 0.3) is 5.91 Å². The lowest BCUT2D eigenvalue weighted by molar-refractivity contribution is -0.120. The summed E-state index contributed by atoms with van der Waals surface area (Å²) >= 11 is 0. The maximum Gasteiger partial charge on any atom is 0.251 e. The Morgan fingerprint density at radius 1 is 1.00 bits per heavy atom. The Morgan fingerprint density at radius 2 is 1.73 bits per heavy atom. The number of nitrogens with one attached hydrogen (secondary N) is 2. The first kappa shape index (κ1) is 18.1. The standard InChI is InChI=1S/C21H25N3O2/c1-16-6-8-18(9-7-16)21(26)23-14-20(25)22-11-13-24-12-10-17-4-2-3-5-19(17)15-24/h2-9H,10-15H2,1H3,(H,22,25)(H,23,26). The molecule has 136 valence electrons. The van der Waals surface area contributed by atoms with Crippen LogP contribution < -0.4 is 10.6 Å². The first-order chi connectivity index (χ1) is 12.6. The molecule has 0 spiro atoms. The van der Waals surface area contributed by atoms with E-state index in [1.54, 1.807) is 12.1 Å². The molecule has 0 saturated heterocycles. The molecule has 0 fully saturated rings. The summed E-state index contributed by atoms with van der Waals surface area (Å²) in [6.07, 6.45) is 1.05. The van der Waals surface area contributed by atoms with Crippen molar-refractivity contribution in [3.05, 3.63) is 70.8 Å². The Bertz CT molecular complexity index is 771. The van der Waals surface area contributed by atoms with Crippen molar-refractivity contribution >= 4 is 11.8 Å². The fourth-order valence-corrected chi connectivity index (χ4v) is 3.13. The molecule has 0 saturated carbocycles. The van der Waals surface area contributed by atoms with Crippen LogP contribution >= 0.6 is 0 Å². The van der Waals surface area contributed by atoms with Gasteiger partial charge in [0.1, 0.15) is 0 Å². The Hall–Kier alpha value is -2.66. The van der Waals surface area contributed by atoms with Crippen LogP contribution in [0.5, 0.6) is 0 Å². The summed E-state index contributed by atoms with van der Waals surface area (Å²) in [7, 11) is 0. The lowest BCUT2D eigenvalue weighted by Gasteiger charge is -2.28. The summed E-state index contributed by atoms with van der Waals surface area (Å²) in [5, 5.41) is 5.53. The highest BCUT2D eigenvalue weighted by atomic mass is 16.2. The number of fused-ring (bicyclic) bond motifs is 1. The molecule has 2 N–H and O–H groups in total. The first-order valence-electron chi connectivity index (χ1n) is 9.02. The highest BCUT2D eigenvalue weighted by molar-refractivity contribution is 5.96. The number of rotatable bonds is 6. The first-order valence-corrected chi connectivity index (χ1v) is 9.02. The van der Waals surface area contributed by atoms with E-state index in [1.165, 1.54) is 11.1 Å². The van der Waals surface area contributed by atoms with Crippen LogP contribution in [0.25, 0.3) is 0 Å². The topological polar surface area (TPSA) is 61.4 Å². The minimum atomic E-state index is -0.229. The fourth-order valence-electron chi connectivity index (χ4n) is 3.13. The highest BCUT2D eigenvalue weighted by Gasteiger charge is 2.15. The molecule has 0 unspecified atom stereocenters. The molecule has 1 aliphatic rings. The van der Waals surface area contributed by atoms with Crippen molar-refractivity contribution in [1.82, 2.24) is 15.5 Å². The average molecular weight is 351 g/mol. The van der Waals surface area contributed by atoms with E-state index >= 15 is 0 Å². The summed E-state index contributed by atoms with van der Waals surface area (Å²) in [5.74, 6) is -0.393. The van der Waals surface area contributed by atoms with E-state index in [0.29, 0.717) is 12.1 Å². The Kier molecular flexibility index (Phi) is 6.02. The lowest BCUT2D eigenvalue weighted by Crippen LogP contribution is -2.41. The summed E-state index contributed by atoms with van der Waals surface area (Å²) in [6.45, 7) is 5.30. The molecular formula is C21H25N3O2. The largest absolute Gasteiger partial charge is 0.353 e. The zero-order chi connectivity index (χ0) is 18.4. The molecule has 0 radical (unpaired) electrons. The predicted octanol–water partition coefficient (Wildman–Crippen LogP) is 1.90. The van der Waals surface area contributed by atoms with Gasteiger partial charge in [-0.15, -0.1) is 0 Å². The molecule has 2 amide bonds. The average Bonchev–Trinajstić information content (AvgIpc) is 2.66. The smallest absolute Gasteiger partial charge is 0.251 e. The van der Waals surface area contributed by atoms with Crippen LogP contribution in [-0.2, 0) is 17.8 Å². The third-order valence-corrected chi connectivity index (χ3v) is 4.68. The molecule has 0 aliphatic carbocycles. The summed E-state index contributed by atoms with van der Waals surface area (Å²) < 4.78 is 0. The number of carbonyl (C=O) groups excluding carboxylic acids is 2. The molecule has 26 heavy (non-hydrogen) atoms. The van der Waals surface area contributed by atoms with Crippen molar-refractivity contribution in [2.24, 2.45) is 0 Å². The van der Waals surface area contributed by atoms with Crippen molar-refractivity contribution in [2.75, 3.05) is 26.2 Å². The third-order valence-electron chi connectivity index (χ3n) is 4.68. The molecular weight excluding hydrogens is 326 g/mol. The van der Waals surface area contributed by atoms with E-state index in [1.807, 2.05) is 19.1 Å². The Balaban J connectivity index is 1.36. The monoisotopic (exact) mass is 351 g/mol. The van der Waals surface area contributed by atoms with Crippen molar-refractivity contribution < 1.29 is 9.59 Å². The van der Waals surface area contributed by atoms with Gasteiger partial charge in [-0.1, -0.05) is 42.0 Å². The van der Waals surface area contributed by atoms with Crippen molar-refractivity contribution in [1.29, 1.82) is 0 Å². The summed E-state index contributed by atoms with van der Waals surface area (Å²) in [5.41, 5.74) is 4.46. The van der Waals surface area contributed by atoms with Gasteiger partial charge < -0.3 is 10.6 Å². The van der Waals surface area contributed by atoms with Crippen LogP contribution in [0, 0.1) is 6.92 Å². The number of carbonyl (C=O) groups is 2. The van der Waals surface area contributed by atoms with Gasteiger partial charge in [-0.25, -0.2) is 0 Å². The van der Waals surface area contributed by atoms with Gasteiger partial charge >= 0.3 is 0 Å². The second-order valence-corrected chi connectivity index (χ2v) is 6.69. The van der Waals surface area contributed by atoms with E-state index in [4.69, 9.17) is 0 Å². The van der Waals surface area contributed by atoms with Crippen molar-refractivity contribution in [3.8, 4) is 0 Å². The number of nitrogens with zero attached hydrogens (tertiary/aromatic N) is 1. The van der Waals surface area contributed by atoms with E-state index in [2.05, 4.69) is 39.8 Å². The number of amides is 2. The molecule has 5 heteroatoms. The highest BCUT2D eigenvalue weighted by Crippen LogP contribution is 2.17. The van der Waals surface area contributed by atoms with Crippen LogP contribution in [0.1, 0.15) is 27.0 Å². The van der Waals surface area contributed by atoms with Gasteiger partial charge in [0.15, 0.2) is 0 Å². The second-order valence-electron chi connectivity index (χ2n) is 6.69. The van der Waals surface area contributed by atoms with Crippen LogP contribution in [-0.4, -0.2) is 42.9 Å². The molecule has 2 aromatic rings. The molecule has 0 bridgehead atoms. The minimum absolute atomic E-state index is 0.00442. The van der Waals surface area contributed by atoms with Crippen LogP contribution in [0.3, 0.4) is 0 Å².